The molecule has 1 atom stereocenters. The molecule has 116 valence electrons. The van der Waals surface area contributed by atoms with Gasteiger partial charge in [0.05, 0.1) is 18.8 Å². The molecule has 0 unspecified atom stereocenters. The SMILES string of the molecule is C[C@H](CNC(=O)c1csc2c1CCCC2)N1CCOCC1. The average molecular weight is 308 g/mol. The second-order valence-electron chi connectivity index (χ2n) is 5.97. The number of nitrogens with zero attached hydrogens (tertiary/aromatic N) is 1. The van der Waals surface area contributed by atoms with E-state index in [9.17, 15) is 4.79 Å². The fourth-order valence-electron chi connectivity index (χ4n) is 3.17. The molecule has 0 bridgehead atoms. The summed E-state index contributed by atoms with van der Waals surface area (Å²) in [6.07, 6.45) is 4.70. The second-order valence-corrected chi connectivity index (χ2v) is 6.93. The number of hydrogen-bond acceptors (Lipinski definition) is 4. The Balaban J connectivity index is 1.55. The Hall–Kier alpha value is -0.910. The van der Waals surface area contributed by atoms with E-state index in [0.29, 0.717) is 12.6 Å². The molecule has 4 nitrogen and oxygen atoms in total. The highest BCUT2D eigenvalue weighted by Crippen LogP contribution is 2.30. The molecule has 0 spiro atoms. The van der Waals surface area contributed by atoms with Crippen LogP contribution in [-0.4, -0.2) is 49.7 Å². The number of thiophene rings is 1. The Morgan fingerprint density at radius 2 is 2.14 bits per heavy atom. The molecule has 1 aromatic heterocycles. The monoisotopic (exact) mass is 308 g/mol. The van der Waals surface area contributed by atoms with E-state index in [0.717, 1.165) is 44.7 Å². The van der Waals surface area contributed by atoms with Crippen molar-refractivity contribution in [3.63, 3.8) is 0 Å². The molecule has 1 aliphatic carbocycles. The predicted octanol–water partition coefficient (Wildman–Crippen LogP) is 2.08. The van der Waals surface area contributed by atoms with Gasteiger partial charge in [-0.3, -0.25) is 9.69 Å². The zero-order valence-electron chi connectivity index (χ0n) is 12.7. The standard InChI is InChI=1S/C16H24N2O2S/c1-12(18-6-8-20-9-7-18)10-17-16(19)14-11-21-15-5-3-2-4-13(14)15/h11-12H,2-10H2,1H3,(H,17,19)/t12-/m1/s1. The van der Waals surface area contributed by atoms with Gasteiger partial charge in [-0.2, -0.15) is 0 Å². The first-order valence-electron chi connectivity index (χ1n) is 7.95. The van der Waals surface area contributed by atoms with E-state index in [-0.39, 0.29) is 5.91 Å². The smallest absolute Gasteiger partial charge is 0.252 e. The summed E-state index contributed by atoms with van der Waals surface area (Å²) in [5, 5.41) is 5.16. The maximum absolute atomic E-state index is 12.4. The number of ether oxygens (including phenoxy) is 1. The summed E-state index contributed by atoms with van der Waals surface area (Å²) in [5.41, 5.74) is 2.23. The molecule has 1 amide bonds. The molecule has 3 rings (SSSR count). The van der Waals surface area contributed by atoms with E-state index < -0.39 is 0 Å². The minimum atomic E-state index is 0.106. The van der Waals surface area contributed by atoms with Gasteiger partial charge in [0.25, 0.3) is 5.91 Å². The van der Waals surface area contributed by atoms with Gasteiger partial charge in [0.2, 0.25) is 0 Å². The average Bonchev–Trinajstić information content (AvgIpc) is 2.97. The summed E-state index contributed by atoms with van der Waals surface area (Å²) < 4.78 is 5.37. The number of aryl methyl sites for hydroxylation is 1. The lowest BCUT2D eigenvalue weighted by Gasteiger charge is -2.32. The van der Waals surface area contributed by atoms with Crippen LogP contribution in [0.15, 0.2) is 5.38 Å². The summed E-state index contributed by atoms with van der Waals surface area (Å²) >= 11 is 1.75. The topological polar surface area (TPSA) is 41.6 Å². The lowest BCUT2D eigenvalue weighted by molar-refractivity contribution is 0.0204. The van der Waals surface area contributed by atoms with Crippen molar-refractivity contribution < 1.29 is 9.53 Å². The van der Waals surface area contributed by atoms with Crippen LogP contribution in [0.5, 0.6) is 0 Å². The van der Waals surface area contributed by atoms with Crippen molar-refractivity contribution in [3.05, 3.63) is 21.4 Å². The van der Waals surface area contributed by atoms with Crippen molar-refractivity contribution >= 4 is 17.2 Å². The summed E-state index contributed by atoms with van der Waals surface area (Å²) in [7, 11) is 0. The summed E-state index contributed by atoms with van der Waals surface area (Å²) in [6.45, 7) is 6.42. The second kappa shape index (κ2) is 6.90. The first-order chi connectivity index (χ1) is 10.3. The molecule has 0 saturated carbocycles. The molecule has 0 radical (unpaired) electrons. The Morgan fingerprint density at radius 3 is 2.95 bits per heavy atom. The fourth-order valence-corrected chi connectivity index (χ4v) is 4.29. The molecular formula is C16H24N2O2S. The Labute approximate surface area is 130 Å². The van der Waals surface area contributed by atoms with Gasteiger partial charge in [-0.1, -0.05) is 0 Å². The first-order valence-corrected chi connectivity index (χ1v) is 8.83. The zero-order valence-corrected chi connectivity index (χ0v) is 13.5. The normalized spacial score (nSPS) is 20.8. The Kier molecular flexibility index (Phi) is 4.93. The van der Waals surface area contributed by atoms with Crippen LogP contribution < -0.4 is 5.32 Å². The molecule has 2 aliphatic rings. The van der Waals surface area contributed by atoms with Crippen LogP contribution in [-0.2, 0) is 17.6 Å². The van der Waals surface area contributed by atoms with Gasteiger partial charge in [0, 0.05) is 35.9 Å². The van der Waals surface area contributed by atoms with E-state index >= 15 is 0 Å². The van der Waals surface area contributed by atoms with Crippen LogP contribution in [0.4, 0.5) is 0 Å². The zero-order chi connectivity index (χ0) is 14.7. The van der Waals surface area contributed by atoms with Gasteiger partial charge in [-0.15, -0.1) is 11.3 Å². The molecule has 0 aromatic carbocycles. The third kappa shape index (κ3) is 3.47. The number of amides is 1. The molecule has 1 aliphatic heterocycles. The van der Waals surface area contributed by atoms with Crippen LogP contribution in [0, 0.1) is 0 Å². The third-order valence-electron chi connectivity index (χ3n) is 4.53. The Bertz CT molecular complexity index is 494. The van der Waals surface area contributed by atoms with Gasteiger partial charge in [-0.05, 0) is 38.2 Å². The van der Waals surface area contributed by atoms with Gasteiger partial charge in [0.1, 0.15) is 0 Å². The van der Waals surface area contributed by atoms with Crippen molar-refractivity contribution in [1.29, 1.82) is 0 Å². The molecule has 21 heavy (non-hydrogen) atoms. The van der Waals surface area contributed by atoms with Crippen LogP contribution in [0.25, 0.3) is 0 Å². The third-order valence-corrected chi connectivity index (χ3v) is 5.62. The van der Waals surface area contributed by atoms with Gasteiger partial charge in [-0.25, -0.2) is 0 Å². The first kappa shape index (κ1) is 15.0. The predicted molar refractivity (Wildman–Crippen MR) is 85.1 cm³/mol. The number of morpholine rings is 1. The number of fused-ring (bicyclic) bond motifs is 1. The summed E-state index contributed by atoms with van der Waals surface area (Å²) in [5.74, 6) is 0.106. The van der Waals surface area contributed by atoms with E-state index in [2.05, 4.69) is 17.1 Å². The van der Waals surface area contributed by atoms with E-state index in [1.165, 1.54) is 23.3 Å². The largest absolute Gasteiger partial charge is 0.379 e. The van der Waals surface area contributed by atoms with Gasteiger partial charge in [0.15, 0.2) is 0 Å². The van der Waals surface area contributed by atoms with Crippen LogP contribution in [0.1, 0.15) is 40.6 Å². The van der Waals surface area contributed by atoms with E-state index in [1.807, 2.05) is 5.38 Å². The van der Waals surface area contributed by atoms with Crippen LogP contribution in [0.3, 0.4) is 0 Å². The highest BCUT2D eigenvalue weighted by atomic mass is 32.1. The van der Waals surface area contributed by atoms with Crippen molar-refractivity contribution in [1.82, 2.24) is 10.2 Å². The lowest BCUT2D eigenvalue weighted by Crippen LogP contribution is -2.47. The highest BCUT2D eigenvalue weighted by molar-refractivity contribution is 7.10. The number of carbonyl (C=O) groups is 1. The summed E-state index contributed by atoms with van der Waals surface area (Å²) in [6, 6.07) is 0.368. The summed E-state index contributed by atoms with van der Waals surface area (Å²) in [4.78, 5) is 16.2. The van der Waals surface area contributed by atoms with Crippen LogP contribution >= 0.6 is 11.3 Å². The number of carbonyl (C=O) groups excluding carboxylic acids is 1. The van der Waals surface area contributed by atoms with Crippen molar-refractivity contribution in [2.24, 2.45) is 0 Å². The molecule has 1 saturated heterocycles. The molecular weight excluding hydrogens is 284 g/mol. The van der Waals surface area contributed by atoms with Crippen molar-refractivity contribution in [3.8, 4) is 0 Å². The minimum Gasteiger partial charge on any atom is -0.379 e. The van der Waals surface area contributed by atoms with Crippen LogP contribution in [0.2, 0.25) is 0 Å². The number of rotatable bonds is 4. The molecule has 1 aromatic rings. The minimum absolute atomic E-state index is 0.106. The quantitative estimate of drug-likeness (QED) is 0.926. The van der Waals surface area contributed by atoms with Crippen molar-refractivity contribution in [2.75, 3.05) is 32.8 Å². The van der Waals surface area contributed by atoms with Gasteiger partial charge < -0.3 is 10.1 Å². The maximum atomic E-state index is 12.4. The lowest BCUT2D eigenvalue weighted by atomic mass is 9.95. The van der Waals surface area contributed by atoms with E-state index in [4.69, 9.17) is 4.74 Å². The highest BCUT2D eigenvalue weighted by Gasteiger charge is 2.21. The van der Waals surface area contributed by atoms with Crippen molar-refractivity contribution in [2.45, 2.75) is 38.6 Å². The fraction of sp³-hybridized carbons (Fsp3) is 0.688. The molecule has 1 N–H and O–H groups in total. The van der Waals surface area contributed by atoms with Gasteiger partial charge >= 0.3 is 0 Å². The van der Waals surface area contributed by atoms with E-state index in [1.54, 1.807) is 11.3 Å². The molecule has 1 fully saturated rings. The molecule has 2 heterocycles. The molecule has 5 heteroatoms. The number of hydrogen-bond donors (Lipinski definition) is 1. The maximum Gasteiger partial charge on any atom is 0.252 e. The Morgan fingerprint density at radius 1 is 1.38 bits per heavy atom. The number of nitrogens with one attached hydrogen (secondary N) is 1.